The van der Waals surface area contributed by atoms with Gasteiger partial charge in [-0.3, -0.25) is 4.79 Å². The molecule has 1 rings (SSSR count). The van der Waals surface area contributed by atoms with Crippen LogP contribution in [0.15, 0.2) is 4.79 Å². The van der Waals surface area contributed by atoms with Crippen molar-refractivity contribution in [1.29, 1.82) is 0 Å². The van der Waals surface area contributed by atoms with Crippen LogP contribution in [-0.2, 0) is 6.42 Å². The van der Waals surface area contributed by atoms with Gasteiger partial charge in [-0.25, -0.2) is 0 Å². The lowest BCUT2D eigenvalue weighted by molar-refractivity contribution is 0.358. The van der Waals surface area contributed by atoms with Crippen molar-refractivity contribution in [2.24, 2.45) is 5.41 Å². The van der Waals surface area contributed by atoms with Crippen LogP contribution < -0.4 is 10.7 Å². The number of hydrogen-bond donors (Lipinski definition) is 1. The van der Waals surface area contributed by atoms with E-state index in [4.69, 9.17) is 12.2 Å². The van der Waals surface area contributed by atoms with E-state index in [-0.39, 0.29) is 5.43 Å². The van der Waals surface area contributed by atoms with E-state index in [1.807, 2.05) is 6.92 Å². The van der Waals surface area contributed by atoms with Crippen molar-refractivity contribution in [3.63, 3.8) is 0 Å². The maximum absolute atomic E-state index is 11.6. The van der Waals surface area contributed by atoms with Gasteiger partial charge in [-0.1, -0.05) is 45.8 Å². The molecular weight excluding hydrogens is 242 g/mol. The average Bonchev–Trinajstić information content (AvgIpc) is 2.29. The van der Waals surface area contributed by atoms with Gasteiger partial charge in [0.1, 0.15) is 4.51 Å². The molecule has 0 saturated heterocycles. The molecule has 3 heteroatoms. The minimum Gasteiger partial charge on any atom is -0.384 e. The molecule has 0 bridgehead atoms. The molecule has 0 aliphatic carbocycles. The number of hydrogen-bond acceptors (Lipinski definition) is 3. The van der Waals surface area contributed by atoms with Crippen molar-refractivity contribution in [3.8, 4) is 0 Å². The van der Waals surface area contributed by atoms with E-state index in [0.29, 0.717) is 9.93 Å². The van der Waals surface area contributed by atoms with Gasteiger partial charge in [0.2, 0.25) is 5.43 Å². The van der Waals surface area contributed by atoms with Crippen LogP contribution >= 0.6 is 12.2 Å². The maximum Gasteiger partial charge on any atom is 0.204 e. The zero-order valence-electron chi connectivity index (χ0n) is 12.1. The highest BCUT2D eigenvalue weighted by Crippen LogP contribution is 2.23. The molecule has 0 radical (unpaired) electrons. The summed E-state index contributed by atoms with van der Waals surface area (Å²) < 4.78 is 0.501. The molecule has 0 atom stereocenters. The summed E-state index contributed by atoms with van der Waals surface area (Å²) in [5, 5.41) is 3.19. The number of unbranched alkanes of at least 4 members (excludes halogenated alkanes) is 2. The van der Waals surface area contributed by atoms with Gasteiger partial charge in [0.05, 0.1) is 5.69 Å². The Morgan fingerprint density at radius 1 is 1.17 bits per heavy atom. The Kier molecular flexibility index (Phi) is 5.51. The monoisotopic (exact) mass is 267 g/mol. The molecule has 102 valence electrons. The van der Waals surface area contributed by atoms with E-state index in [2.05, 4.69) is 26.1 Å². The molecule has 0 aliphatic rings. The number of rotatable bonds is 7. The third-order valence-corrected chi connectivity index (χ3v) is 3.61. The first kappa shape index (κ1) is 15.4. The lowest BCUT2D eigenvalue weighted by Gasteiger charge is -2.18. The van der Waals surface area contributed by atoms with Gasteiger partial charge >= 0.3 is 0 Å². The first-order valence-corrected chi connectivity index (χ1v) is 7.33. The summed E-state index contributed by atoms with van der Waals surface area (Å²) in [5.74, 6) is 0. The molecule has 0 unspecified atom stereocenters. The minimum absolute atomic E-state index is 0.0942. The number of anilines is 1. The molecule has 0 aliphatic heterocycles. The summed E-state index contributed by atoms with van der Waals surface area (Å²) in [4.78, 5) is 11.6. The van der Waals surface area contributed by atoms with Crippen molar-refractivity contribution in [2.45, 2.75) is 59.8 Å². The lowest BCUT2D eigenvalue weighted by atomic mass is 9.89. The molecular formula is C15H25NOS. The van der Waals surface area contributed by atoms with Gasteiger partial charge in [0, 0.05) is 12.1 Å². The Morgan fingerprint density at radius 3 is 2.39 bits per heavy atom. The average molecular weight is 267 g/mol. The quantitative estimate of drug-likeness (QED) is 0.592. The van der Waals surface area contributed by atoms with Crippen LogP contribution in [0, 0.1) is 9.93 Å². The predicted molar refractivity (Wildman–Crippen MR) is 81.7 cm³/mol. The summed E-state index contributed by atoms with van der Waals surface area (Å²) in [7, 11) is 0. The summed E-state index contributed by atoms with van der Waals surface area (Å²) in [6, 6.07) is 0. The molecule has 18 heavy (non-hydrogen) atoms. The molecule has 0 amide bonds. The van der Waals surface area contributed by atoms with Gasteiger partial charge in [0.15, 0.2) is 0 Å². The SMILES string of the molecule is CCNc1c(CCCCCC(C)(C)C)c(=O)c1=S. The molecule has 1 aromatic carbocycles. The van der Waals surface area contributed by atoms with E-state index in [1.165, 1.54) is 19.3 Å². The van der Waals surface area contributed by atoms with Crippen molar-refractivity contribution in [1.82, 2.24) is 0 Å². The van der Waals surface area contributed by atoms with E-state index in [1.54, 1.807) is 0 Å². The van der Waals surface area contributed by atoms with Gasteiger partial charge in [-0.05, 0) is 31.6 Å². The Labute approximate surface area is 115 Å². The van der Waals surface area contributed by atoms with Crippen LogP contribution in [0.3, 0.4) is 0 Å². The Morgan fingerprint density at radius 2 is 1.83 bits per heavy atom. The normalized spacial score (nSPS) is 12.0. The largest absolute Gasteiger partial charge is 0.384 e. The fraction of sp³-hybridized carbons (Fsp3) is 0.733. The van der Waals surface area contributed by atoms with Crippen LogP contribution in [0.25, 0.3) is 0 Å². The first-order chi connectivity index (χ1) is 8.37. The molecule has 1 aromatic rings. The summed E-state index contributed by atoms with van der Waals surface area (Å²) in [6.45, 7) is 9.67. The second-order valence-corrected chi connectivity index (χ2v) is 6.57. The van der Waals surface area contributed by atoms with Gasteiger partial charge in [-0.15, -0.1) is 0 Å². The number of nitrogens with one attached hydrogen (secondary N) is 1. The van der Waals surface area contributed by atoms with Gasteiger partial charge < -0.3 is 5.32 Å². The highest BCUT2D eigenvalue weighted by atomic mass is 32.1. The van der Waals surface area contributed by atoms with Crippen LogP contribution in [0.1, 0.15) is 58.9 Å². The predicted octanol–water partition coefficient (Wildman–Crippen LogP) is 4.23. The third kappa shape index (κ3) is 4.20. The molecule has 2 nitrogen and oxygen atoms in total. The zero-order valence-corrected chi connectivity index (χ0v) is 12.9. The third-order valence-electron chi connectivity index (χ3n) is 3.22. The molecule has 1 N–H and O–H groups in total. The molecule has 0 aromatic heterocycles. The molecule has 0 fully saturated rings. The van der Waals surface area contributed by atoms with Gasteiger partial charge in [0.25, 0.3) is 0 Å². The smallest absolute Gasteiger partial charge is 0.204 e. The Bertz CT molecular complexity index is 450. The molecule has 0 spiro atoms. The second-order valence-electron chi connectivity index (χ2n) is 6.16. The van der Waals surface area contributed by atoms with E-state index in [0.717, 1.165) is 30.6 Å². The van der Waals surface area contributed by atoms with Crippen LogP contribution in [-0.4, -0.2) is 6.54 Å². The summed E-state index contributed by atoms with van der Waals surface area (Å²) in [5.41, 5.74) is 2.38. The van der Waals surface area contributed by atoms with E-state index >= 15 is 0 Å². The lowest BCUT2D eigenvalue weighted by Crippen LogP contribution is -2.21. The standard InChI is InChI=1S/C15H25NOS/c1-5-16-12-11(13(17)14(12)18)9-7-6-8-10-15(2,3)4/h16H,5-10H2,1-4H3. The highest BCUT2D eigenvalue weighted by Gasteiger charge is 2.16. The maximum atomic E-state index is 11.6. The fourth-order valence-corrected chi connectivity index (χ4v) is 2.49. The zero-order chi connectivity index (χ0) is 13.8. The van der Waals surface area contributed by atoms with Crippen LogP contribution in [0.4, 0.5) is 5.69 Å². The summed E-state index contributed by atoms with van der Waals surface area (Å²) >= 11 is 5.05. The molecule has 0 heterocycles. The Balaban J connectivity index is 2.34. The summed E-state index contributed by atoms with van der Waals surface area (Å²) in [6.07, 6.45) is 5.66. The fourth-order valence-electron chi connectivity index (χ4n) is 2.17. The van der Waals surface area contributed by atoms with Crippen molar-refractivity contribution >= 4 is 17.9 Å². The van der Waals surface area contributed by atoms with Crippen molar-refractivity contribution in [2.75, 3.05) is 11.9 Å². The highest BCUT2D eigenvalue weighted by molar-refractivity contribution is 7.71. The molecule has 0 saturated carbocycles. The minimum atomic E-state index is 0.0942. The Hall–Kier alpha value is -0.700. The van der Waals surface area contributed by atoms with E-state index in [9.17, 15) is 4.79 Å². The van der Waals surface area contributed by atoms with Crippen LogP contribution in [0.2, 0.25) is 0 Å². The van der Waals surface area contributed by atoms with E-state index < -0.39 is 0 Å². The van der Waals surface area contributed by atoms with Crippen molar-refractivity contribution in [3.05, 3.63) is 20.3 Å². The van der Waals surface area contributed by atoms with Crippen LogP contribution in [0.5, 0.6) is 0 Å². The first-order valence-electron chi connectivity index (χ1n) is 6.93. The van der Waals surface area contributed by atoms with Crippen molar-refractivity contribution < 1.29 is 0 Å². The van der Waals surface area contributed by atoms with Gasteiger partial charge in [-0.2, -0.15) is 0 Å². The topological polar surface area (TPSA) is 29.1 Å². The second kappa shape index (κ2) is 6.46.